The number of aromatic nitrogens is 2. The molecule has 0 spiro atoms. The largest absolute Gasteiger partial charge is 0.348 e. The minimum atomic E-state index is -2.66. The molecule has 0 aromatic carbocycles. The number of nitrogens with zero attached hydrogens (tertiary/aromatic N) is 1. The minimum Gasteiger partial charge on any atom is -0.348 e. The Morgan fingerprint density at radius 2 is 2.33 bits per heavy atom. The Morgan fingerprint density at radius 1 is 1.67 bits per heavy atom. The van der Waals surface area contributed by atoms with E-state index in [4.69, 9.17) is 5.73 Å². The number of halogens is 2. The van der Waals surface area contributed by atoms with Crippen molar-refractivity contribution < 1.29 is 8.78 Å². The van der Waals surface area contributed by atoms with Gasteiger partial charge in [-0.3, -0.25) is 0 Å². The van der Waals surface area contributed by atoms with Crippen molar-refractivity contribution in [1.82, 2.24) is 9.97 Å². The number of hydrogen-bond acceptors (Lipinski definition) is 2. The Labute approximate surface area is 68.0 Å². The number of nitrogens with one attached hydrogen (secondary N) is 1. The van der Waals surface area contributed by atoms with Crippen molar-refractivity contribution in [3.63, 3.8) is 0 Å². The van der Waals surface area contributed by atoms with E-state index in [0.717, 1.165) is 0 Å². The van der Waals surface area contributed by atoms with Gasteiger partial charge in [0.2, 0.25) is 0 Å². The van der Waals surface area contributed by atoms with Crippen LogP contribution in [0.2, 0.25) is 0 Å². The molecule has 1 saturated carbocycles. The van der Waals surface area contributed by atoms with Crippen LogP contribution in [0.5, 0.6) is 0 Å². The minimum absolute atomic E-state index is 0.0395. The van der Waals surface area contributed by atoms with E-state index in [-0.39, 0.29) is 13.0 Å². The summed E-state index contributed by atoms with van der Waals surface area (Å²) in [6.07, 6.45) is 2.63. The predicted octanol–water partition coefficient (Wildman–Crippen LogP) is 0.645. The first-order valence-corrected chi connectivity index (χ1v) is 3.69. The highest BCUT2D eigenvalue weighted by atomic mass is 19.3. The maximum Gasteiger partial charge on any atom is 0.261 e. The van der Waals surface area contributed by atoms with E-state index >= 15 is 0 Å². The maximum absolute atomic E-state index is 12.9. The van der Waals surface area contributed by atoms with Crippen LogP contribution in [-0.4, -0.2) is 22.4 Å². The first kappa shape index (κ1) is 7.67. The quantitative estimate of drug-likeness (QED) is 0.689. The molecule has 3 N–H and O–H groups in total. The van der Waals surface area contributed by atoms with E-state index in [9.17, 15) is 8.78 Å². The third-order valence-corrected chi connectivity index (χ3v) is 2.46. The van der Waals surface area contributed by atoms with Crippen LogP contribution in [0.25, 0.3) is 0 Å². The molecular formula is C7H9F2N3. The van der Waals surface area contributed by atoms with Crippen molar-refractivity contribution in [3.05, 3.63) is 18.2 Å². The highest BCUT2D eigenvalue weighted by Crippen LogP contribution is 2.60. The topological polar surface area (TPSA) is 54.7 Å². The third kappa shape index (κ3) is 0.741. The summed E-state index contributed by atoms with van der Waals surface area (Å²) in [7, 11) is 0. The molecule has 1 fully saturated rings. The molecule has 1 aliphatic rings. The lowest BCUT2D eigenvalue weighted by Crippen LogP contribution is -2.27. The van der Waals surface area contributed by atoms with E-state index in [1.807, 2.05) is 0 Å². The van der Waals surface area contributed by atoms with Gasteiger partial charge in [0.15, 0.2) is 0 Å². The van der Waals surface area contributed by atoms with E-state index in [1.165, 1.54) is 12.5 Å². The molecule has 0 aliphatic heterocycles. The maximum atomic E-state index is 12.9. The molecule has 0 bridgehead atoms. The average molecular weight is 173 g/mol. The molecule has 1 aliphatic carbocycles. The van der Waals surface area contributed by atoms with Crippen molar-refractivity contribution in [3.8, 4) is 0 Å². The van der Waals surface area contributed by atoms with Gasteiger partial charge in [-0.15, -0.1) is 0 Å². The molecule has 0 radical (unpaired) electrons. The van der Waals surface area contributed by atoms with Crippen LogP contribution in [0, 0.1) is 0 Å². The second-order valence-corrected chi connectivity index (χ2v) is 3.13. The smallest absolute Gasteiger partial charge is 0.261 e. The van der Waals surface area contributed by atoms with Crippen LogP contribution in [0.15, 0.2) is 12.5 Å². The molecular weight excluding hydrogens is 164 g/mol. The van der Waals surface area contributed by atoms with E-state index < -0.39 is 11.3 Å². The molecule has 0 saturated heterocycles. The fraction of sp³-hybridized carbons (Fsp3) is 0.571. The number of alkyl halides is 2. The molecule has 1 atom stereocenters. The fourth-order valence-electron chi connectivity index (χ4n) is 1.48. The Kier molecular flexibility index (Phi) is 1.30. The lowest BCUT2D eigenvalue weighted by molar-refractivity contribution is 0.0887. The van der Waals surface area contributed by atoms with Crippen molar-refractivity contribution in [2.75, 3.05) is 6.54 Å². The first-order valence-electron chi connectivity index (χ1n) is 3.69. The van der Waals surface area contributed by atoms with Crippen LogP contribution in [0.4, 0.5) is 8.78 Å². The normalized spacial score (nSPS) is 31.9. The monoisotopic (exact) mass is 173 g/mol. The zero-order valence-corrected chi connectivity index (χ0v) is 6.35. The number of H-pyrrole nitrogens is 1. The molecule has 1 aromatic rings. The van der Waals surface area contributed by atoms with Gasteiger partial charge in [-0.25, -0.2) is 13.8 Å². The summed E-state index contributed by atoms with van der Waals surface area (Å²) >= 11 is 0. The van der Waals surface area contributed by atoms with Crippen LogP contribution >= 0.6 is 0 Å². The predicted molar refractivity (Wildman–Crippen MR) is 38.9 cm³/mol. The highest BCUT2D eigenvalue weighted by Gasteiger charge is 2.72. The number of imidazole rings is 1. The Hall–Kier alpha value is -0.970. The van der Waals surface area contributed by atoms with Crippen LogP contribution in [0.1, 0.15) is 12.1 Å². The van der Waals surface area contributed by atoms with Crippen molar-refractivity contribution in [1.29, 1.82) is 0 Å². The Bertz CT molecular complexity index is 283. The number of hydrogen-bond donors (Lipinski definition) is 2. The standard InChI is InChI=1S/C7H9F2N3/c8-7(9)2-6(7,3-10)5-1-11-4-12-5/h1,4H,2-3,10H2,(H,11,12). The van der Waals surface area contributed by atoms with Gasteiger partial charge < -0.3 is 10.7 Å². The summed E-state index contributed by atoms with van der Waals surface area (Å²) in [5, 5.41) is 0. The zero-order chi connectivity index (χ0) is 8.82. The van der Waals surface area contributed by atoms with Gasteiger partial charge in [0.25, 0.3) is 5.92 Å². The van der Waals surface area contributed by atoms with Crippen molar-refractivity contribution >= 4 is 0 Å². The third-order valence-electron chi connectivity index (χ3n) is 2.46. The average Bonchev–Trinajstić information content (AvgIpc) is 2.52. The van der Waals surface area contributed by atoms with E-state index in [0.29, 0.717) is 5.69 Å². The molecule has 5 heteroatoms. The van der Waals surface area contributed by atoms with E-state index in [1.54, 1.807) is 0 Å². The fourth-order valence-corrected chi connectivity index (χ4v) is 1.48. The van der Waals surface area contributed by atoms with Gasteiger partial charge in [0, 0.05) is 24.9 Å². The van der Waals surface area contributed by atoms with Gasteiger partial charge >= 0.3 is 0 Å². The number of nitrogens with two attached hydrogens (primary N) is 1. The summed E-state index contributed by atoms with van der Waals surface area (Å²) in [6, 6.07) is 0. The second kappa shape index (κ2) is 2.04. The Morgan fingerprint density at radius 3 is 2.67 bits per heavy atom. The Balaban J connectivity index is 2.34. The lowest BCUT2D eigenvalue weighted by Gasteiger charge is -2.10. The zero-order valence-electron chi connectivity index (χ0n) is 6.35. The molecule has 1 aromatic heterocycles. The van der Waals surface area contributed by atoms with Crippen LogP contribution in [0.3, 0.4) is 0 Å². The van der Waals surface area contributed by atoms with Gasteiger partial charge in [-0.1, -0.05) is 0 Å². The molecule has 12 heavy (non-hydrogen) atoms. The number of rotatable bonds is 2. The molecule has 3 nitrogen and oxygen atoms in total. The summed E-state index contributed by atoms with van der Waals surface area (Å²) < 4.78 is 25.8. The lowest BCUT2D eigenvalue weighted by atomic mass is 10.0. The molecule has 1 unspecified atom stereocenters. The van der Waals surface area contributed by atoms with Gasteiger partial charge in [0.1, 0.15) is 0 Å². The molecule has 66 valence electrons. The summed E-state index contributed by atoms with van der Waals surface area (Å²) in [5.74, 6) is -2.66. The highest BCUT2D eigenvalue weighted by molar-refractivity contribution is 5.32. The van der Waals surface area contributed by atoms with E-state index in [2.05, 4.69) is 9.97 Å². The molecule has 2 rings (SSSR count). The van der Waals surface area contributed by atoms with Gasteiger partial charge in [-0.05, 0) is 0 Å². The van der Waals surface area contributed by atoms with Gasteiger partial charge in [0.05, 0.1) is 11.7 Å². The SMILES string of the molecule is NCC1(c2cnc[nH]2)CC1(F)F. The first-order chi connectivity index (χ1) is 5.62. The van der Waals surface area contributed by atoms with Crippen molar-refractivity contribution in [2.45, 2.75) is 17.8 Å². The summed E-state index contributed by atoms with van der Waals surface area (Å²) in [5.41, 5.74) is 4.58. The molecule has 1 heterocycles. The molecule has 0 amide bonds. The number of aromatic amines is 1. The summed E-state index contributed by atoms with van der Waals surface area (Å²) in [4.78, 5) is 6.37. The second-order valence-electron chi connectivity index (χ2n) is 3.13. The van der Waals surface area contributed by atoms with Crippen LogP contribution < -0.4 is 5.73 Å². The summed E-state index contributed by atoms with van der Waals surface area (Å²) in [6.45, 7) is -0.0395. The van der Waals surface area contributed by atoms with Crippen LogP contribution in [-0.2, 0) is 5.41 Å². The van der Waals surface area contributed by atoms with Crippen molar-refractivity contribution in [2.24, 2.45) is 5.73 Å². The van der Waals surface area contributed by atoms with Gasteiger partial charge in [-0.2, -0.15) is 0 Å².